The van der Waals surface area contributed by atoms with Gasteiger partial charge in [-0.3, -0.25) is 4.79 Å². The van der Waals surface area contributed by atoms with Crippen LogP contribution in [-0.2, 0) is 17.9 Å². The summed E-state index contributed by atoms with van der Waals surface area (Å²) in [6.45, 7) is 4.73. The Morgan fingerprint density at radius 1 is 1.25 bits per heavy atom. The first kappa shape index (κ1) is 14.2. The molecule has 0 unspecified atom stereocenters. The molecule has 1 heterocycles. The standard InChI is InChI=1S/C16H20N2O2/c1-12-8-9-15(20-12)10-17-16-7-5-4-6-14(16)11-18(3)13(2)19/h4-9,17H,10-11H2,1-3H3. The molecule has 2 rings (SSSR count). The van der Waals surface area contributed by atoms with Gasteiger partial charge >= 0.3 is 0 Å². The van der Waals surface area contributed by atoms with Crippen LogP contribution in [0.1, 0.15) is 24.0 Å². The monoisotopic (exact) mass is 272 g/mol. The molecule has 0 saturated heterocycles. The maximum atomic E-state index is 11.3. The number of aryl methyl sites for hydroxylation is 1. The number of carbonyl (C=O) groups excluding carboxylic acids is 1. The lowest BCUT2D eigenvalue weighted by Gasteiger charge is -2.18. The predicted molar refractivity (Wildman–Crippen MR) is 79.4 cm³/mol. The molecular weight excluding hydrogens is 252 g/mol. The van der Waals surface area contributed by atoms with Gasteiger partial charge in [-0.05, 0) is 30.7 Å². The van der Waals surface area contributed by atoms with E-state index in [1.807, 2.05) is 43.3 Å². The van der Waals surface area contributed by atoms with E-state index in [9.17, 15) is 4.79 Å². The number of furan rings is 1. The Morgan fingerprint density at radius 3 is 2.65 bits per heavy atom. The molecule has 106 valence electrons. The smallest absolute Gasteiger partial charge is 0.219 e. The summed E-state index contributed by atoms with van der Waals surface area (Å²) in [6.07, 6.45) is 0. The lowest BCUT2D eigenvalue weighted by Crippen LogP contribution is -2.23. The van der Waals surface area contributed by atoms with Crippen LogP contribution in [0.15, 0.2) is 40.8 Å². The molecule has 20 heavy (non-hydrogen) atoms. The van der Waals surface area contributed by atoms with E-state index in [0.717, 1.165) is 22.8 Å². The van der Waals surface area contributed by atoms with Crippen molar-refractivity contribution in [3.63, 3.8) is 0 Å². The van der Waals surface area contributed by atoms with Gasteiger partial charge in [0.15, 0.2) is 0 Å². The summed E-state index contributed by atoms with van der Waals surface area (Å²) < 4.78 is 5.54. The quantitative estimate of drug-likeness (QED) is 0.909. The number of nitrogens with zero attached hydrogens (tertiary/aromatic N) is 1. The molecule has 0 atom stereocenters. The first-order valence-electron chi connectivity index (χ1n) is 6.65. The molecule has 1 aromatic carbocycles. The van der Waals surface area contributed by atoms with Gasteiger partial charge in [0, 0.05) is 26.2 Å². The molecule has 4 heteroatoms. The van der Waals surface area contributed by atoms with Gasteiger partial charge < -0.3 is 14.6 Å². The summed E-state index contributed by atoms with van der Waals surface area (Å²) in [7, 11) is 1.80. The van der Waals surface area contributed by atoms with Crippen molar-refractivity contribution < 1.29 is 9.21 Å². The zero-order valence-electron chi connectivity index (χ0n) is 12.1. The Hall–Kier alpha value is -2.23. The lowest BCUT2D eigenvalue weighted by atomic mass is 10.1. The van der Waals surface area contributed by atoms with Gasteiger partial charge in [0.1, 0.15) is 11.5 Å². The number of carbonyl (C=O) groups is 1. The third kappa shape index (κ3) is 3.63. The molecule has 0 spiro atoms. The molecule has 0 radical (unpaired) electrons. The summed E-state index contributed by atoms with van der Waals surface area (Å²) in [4.78, 5) is 13.0. The van der Waals surface area contributed by atoms with E-state index in [1.165, 1.54) is 0 Å². The highest BCUT2D eigenvalue weighted by atomic mass is 16.3. The highest BCUT2D eigenvalue weighted by molar-refractivity contribution is 5.73. The fraction of sp³-hybridized carbons (Fsp3) is 0.312. The van der Waals surface area contributed by atoms with E-state index in [0.29, 0.717) is 13.1 Å². The molecule has 1 amide bonds. The number of rotatable bonds is 5. The topological polar surface area (TPSA) is 45.5 Å². The van der Waals surface area contributed by atoms with Crippen molar-refractivity contribution in [2.75, 3.05) is 12.4 Å². The zero-order valence-corrected chi connectivity index (χ0v) is 12.1. The Bertz CT molecular complexity index is 590. The minimum absolute atomic E-state index is 0.0569. The van der Waals surface area contributed by atoms with Gasteiger partial charge in [-0.15, -0.1) is 0 Å². The van der Waals surface area contributed by atoms with Crippen LogP contribution < -0.4 is 5.32 Å². The van der Waals surface area contributed by atoms with Crippen molar-refractivity contribution in [1.29, 1.82) is 0 Å². The molecule has 0 aliphatic rings. The minimum Gasteiger partial charge on any atom is -0.465 e. The van der Waals surface area contributed by atoms with Crippen molar-refractivity contribution >= 4 is 11.6 Å². The molecule has 4 nitrogen and oxygen atoms in total. The first-order chi connectivity index (χ1) is 9.56. The first-order valence-corrected chi connectivity index (χ1v) is 6.65. The maximum Gasteiger partial charge on any atom is 0.219 e. The molecule has 1 N–H and O–H groups in total. The number of amides is 1. The Balaban J connectivity index is 2.05. The molecule has 0 saturated carbocycles. The molecular formula is C16H20N2O2. The van der Waals surface area contributed by atoms with Crippen LogP contribution in [0.3, 0.4) is 0 Å². The summed E-state index contributed by atoms with van der Waals surface area (Å²) in [5, 5.41) is 3.36. The Morgan fingerprint density at radius 2 is 2.00 bits per heavy atom. The van der Waals surface area contributed by atoms with Crippen LogP contribution in [0.25, 0.3) is 0 Å². The maximum absolute atomic E-state index is 11.3. The fourth-order valence-electron chi connectivity index (χ4n) is 1.96. The van der Waals surface area contributed by atoms with Crippen molar-refractivity contribution in [3.05, 3.63) is 53.5 Å². The van der Waals surface area contributed by atoms with E-state index in [2.05, 4.69) is 5.32 Å². The van der Waals surface area contributed by atoms with Crippen molar-refractivity contribution in [2.45, 2.75) is 26.9 Å². The van der Waals surface area contributed by atoms with E-state index in [-0.39, 0.29) is 5.91 Å². The van der Waals surface area contributed by atoms with E-state index >= 15 is 0 Å². The van der Waals surface area contributed by atoms with Gasteiger partial charge in [-0.25, -0.2) is 0 Å². The summed E-state index contributed by atoms with van der Waals surface area (Å²) >= 11 is 0. The van der Waals surface area contributed by atoms with Gasteiger partial charge in [-0.1, -0.05) is 18.2 Å². The van der Waals surface area contributed by atoms with Crippen LogP contribution in [0, 0.1) is 6.92 Å². The number of anilines is 1. The number of nitrogens with one attached hydrogen (secondary N) is 1. The predicted octanol–water partition coefficient (Wildman–Crippen LogP) is 3.18. The summed E-state index contributed by atoms with van der Waals surface area (Å²) in [5.41, 5.74) is 2.11. The Labute approximate surface area is 119 Å². The molecule has 2 aromatic rings. The van der Waals surface area contributed by atoms with Gasteiger partial charge in [0.05, 0.1) is 6.54 Å². The number of para-hydroxylation sites is 1. The van der Waals surface area contributed by atoms with Crippen LogP contribution in [0.4, 0.5) is 5.69 Å². The summed E-state index contributed by atoms with van der Waals surface area (Å²) in [5.74, 6) is 1.87. The second-order valence-corrected chi connectivity index (χ2v) is 4.90. The fourth-order valence-corrected chi connectivity index (χ4v) is 1.96. The average Bonchev–Trinajstić information content (AvgIpc) is 2.83. The normalized spacial score (nSPS) is 10.3. The average molecular weight is 272 g/mol. The highest BCUT2D eigenvalue weighted by Crippen LogP contribution is 2.18. The third-order valence-electron chi connectivity index (χ3n) is 3.21. The second-order valence-electron chi connectivity index (χ2n) is 4.90. The van der Waals surface area contributed by atoms with Crippen molar-refractivity contribution in [2.24, 2.45) is 0 Å². The van der Waals surface area contributed by atoms with Crippen LogP contribution in [0.5, 0.6) is 0 Å². The largest absolute Gasteiger partial charge is 0.465 e. The lowest BCUT2D eigenvalue weighted by molar-refractivity contribution is -0.128. The minimum atomic E-state index is 0.0569. The van der Waals surface area contributed by atoms with Crippen LogP contribution in [0.2, 0.25) is 0 Å². The highest BCUT2D eigenvalue weighted by Gasteiger charge is 2.08. The van der Waals surface area contributed by atoms with Crippen molar-refractivity contribution in [1.82, 2.24) is 4.90 Å². The third-order valence-corrected chi connectivity index (χ3v) is 3.21. The molecule has 0 fully saturated rings. The molecule has 0 aliphatic carbocycles. The van der Waals surface area contributed by atoms with E-state index < -0.39 is 0 Å². The van der Waals surface area contributed by atoms with Gasteiger partial charge in [0.2, 0.25) is 5.91 Å². The SMILES string of the molecule is CC(=O)N(C)Cc1ccccc1NCc1ccc(C)o1. The molecule has 0 bridgehead atoms. The van der Waals surface area contributed by atoms with Gasteiger partial charge in [-0.2, -0.15) is 0 Å². The zero-order chi connectivity index (χ0) is 14.5. The summed E-state index contributed by atoms with van der Waals surface area (Å²) in [6, 6.07) is 11.9. The number of benzene rings is 1. The van der Waals surface area contributed by atoms with Crippen LogP contribution in [-0.4, -0.2) is 17.9 Å². The van der Waals surface area contributed by atoms with Crippen LogP contribution >= 0.6 is 0 Å². The molecule has 0 aliphatic heterocycles. The van der Waals surface area contributed by atoms with Crippen molar-refractivity contribution in [3.8, 4) is 0 Å². The van der Waals surface area contributed by atoms with E-state index in [1.54, 1.807) is 18.9 Å². The number of hydrogen-bond acceptors (Lipinski definition) is 3. The van der Waals surface area contributed by atoms with Gasteiger partial charge in [0.25, 0.3) is 0 Å². The number of hydrogen-bond donors (Lipinski definition) is 1. The second kappa shape index (κ2) is 6.28. The Kier molecular flexibility index (Phi) is 4.45. The molecule has 1 aromatic heterocycles. The van der Waals surface area contributed by atoms with E-state index in [4.69, 9.17) is 4.42 Å².